The summed E-state index contributed by atoms with van der Waals surface area (Å²) in [6, 6.07) is 0. The highest BCUT2D eigenvalue weighted by atomic mass is 35.5. The van der Waals surface area contributed by atoms with Crippen molar-refractivity contribution in [3.05, 3.63) is 34.8 Å². The third-order valence-electron chi connectivity index (χ3n) is 7.54. The summed E-state index contributed by atoms with van der Waals surface area (Å²) in [6.45, 7) is 8.09. The van der Waals surface area contributed by atoms with Crippen molar-refractivity contribution >= 4 is 11.6 Å². The van der Waals surface area contributed by atoms with Gasteiger partial charge in [-0.25, -0.2) is 0 Å². The van der Waals surface area contributed by atoms with E-state index in [2.05, 4.69) is 6.92 Å². The van der Waals surface area contributed by atoms with Gasteiger partial charge in [-0.15, -0.1) is 11.6 Å². The van der Waals surface area contributed by atoms with E-state index in [0.29, 0.717) is 12.4 Å². The number of aliphatic hydroxyl groups is 3. The van der Waals surface area contributed by atoms with Crippen LogP contribution in [0.1, 0.15) is 56.9 Å². The first-order valence-electron chi connectivity index (χ1n) is 9.72. The van der Waals surface area contributed by atoms with Gasteiger partial charge in [-0.2, -0.15) is 0 Å². The van der Waals surface area contributed by atoms with Crippen LogP contribution in [0.15, 0.2) is 22.3 Å². The molecule has 6 heteroatoms. The van der Waals surface area contributed by atoms with Crippen molar-refractivity contribution in [3.63, 3.8) is 0 Å². The smallest absolute Gasteiger partial charge is 0.132 e. The first-order chi connectivity index (χ1) is 12.6. The molecule has 1 unspecified atom stereocenters. The van der Waals surface area contributed by atoms with E-state index in [4.69, 9.17) is 20.8 Å². The molecule has 3 N–H and O–H groups in total. The molecule has 0 spiro atoms. The van der Waals surface area contributed by atoms with Crippen LogP contribution in [0.3, 0.4) is 0 Å². The number of furan rings is 1. The molecule has 3 aliphatic rings. The minimum absolute atomic E-state index is 0.0611. The van der Waals surface area contributed by atoms with Crippen LogP contribution < -0.4 is 0 Å². The zero-order chi connectivity index (χ0) is 19.8. The molecule has 6 atom stereocenters. The number of halogens is 1. The predicted molar refractivity (Wildman–Crippen MR) is 102 cm³/mol. The first-order valence-corrected chi connectivity index (χ1v) is 10.2. The van der Waals surface area contributed by atoms with Crippen molar-refractivity contribution in [2.45, 2.75) is 75.7 Å². The highest BCUT2D eigenvalue weighted by molar-refractivity contribution is 6.23. The molecule has 1 fully saturated rings. The monoisotopic (exact) mass is 396 g/mol. The van der Waals surface area contributed by atoms with Crippen molar-refractivity contribution in [1.82, 2.24) is 0 Å². The Morgan fingerprint density at radius 1 is 1.33 bits per heavy atom. The number of rotatable bonds is 2. The average Bonchev–Trinajstić information content (AvgIpc) is 3.04. The Kier molecular flexibility index (Phi) is 4.38. The Hall–Kier alpha value is -0.850. The summed E-state index contributed by atoms with van der Waals surface area (Å²) in [5.41, 5.74) is 0.398. The quantitative estimate of drug-likeness (QED) is 0.529. The van der Waals surface area contributed by atoms with Crippen molar-refractivity contribution in [2.75, 3.05) is 6.61 Å². The largest absolute Gasteiger partial charge is 0.466 e. The van der Waals surface area contributed by atoms with Gasteiger partial charge in [-0.05, 0) is 36.8 Å². The molecule has 1 aromatic heterocycles. The molecule has 4 rings (SSSR count). The van der Waals surface area contributed by atoms with Crippen molar-refractivity contribution in [1.29, 1.82) is 0 Å². The summed E-state index contributed by atoms with van der Waals surface area (Å²) in [6.07, 6.45) is 4.16. The van der Waals surface area contributed by atoms with E-state index in [1.807, 2.05) is 26.8 Å². The lowest BCUT2D eigenvalue weighted by Gasteiger charge is -2.60. The highest BCUT2D eigenvalue weighted by Gasteiger charge is 2.64. The average molecular weight is 397 g/mol. The number of alkyl halides is 1. The zero-order valence-electron chi connectivity index (χ0n) is 16.3. The maximum absolute atomic E-state index is 11.2. The van der Waals surface area contributed by atoms with Crippen LogP contribution in [0, 0.1) is 11.3 Å². The summed E-state index contributed by atoms with van der Waals surface area (Å²) in [4.78, 5) is 0. The number of hydrogen-bond donors (Lipinski definition) is 3. The fourth-order valence-corrected chi connectivity index (χ4v) is 6.13. The van der Waals surface area contributed by atoms with E-state index in [9.17, 15) is 15.3 Å². The molecule has 5 nitrogen and oxygen atoms in total. The van der Waals surface area contributed by atoms with E-state index in [1.165, 1.54) is 0 Å². The molecule has 0 bridgehead atoms. The third kappa shape index (κ3) is 2.32. The van der Waals surface area contributed by atoms with Crippen LogP contribution in [0.4, 0.5) is 0 Å². The van der Waals surface area contributed by atoms with Crippen molar-refractivity contribution in [3.8, 4) is 0 Å². The van der Waals surface area contributed by atoms with E-state index in [-0.39, 0.29) is 23.9 Å². The number of aliphatic hydroxyl groups excluding tert-OH is 2. The molecule has 1 aromatic rings. The highest BCUT2D eigenvalue weighted by Crippen LogP contribution is 2.61. The normalized spacial score (nSPS) is 43.7. The zero-order valence-corrected chi connectivity index (χ0v) is 17.1. The van der Waals surface area contributed by atoms with Gasteiger partial charge in [-0.3, -0.25) is 0 Å². The van der Waals surface area contributed by atoms with Gasteiger partial charge in [0.05, 0.1) is 18.2 Å². The molecule has 0 saturated carbocycles. The van der Waals surface area contributed by atoms with Gasteiger partial charge in [0.2, 0.25) is 0 Å². The minimum Gasteiger partial charge on any atom is -0.466 e. The van der Waals surface area contributed by atoms with Crippen LogP contribution in [0.25, 0.3) is 0 Å². The maximum atomic E-state index is 11.2. The van der Waals surface area contributed by atoms with E-state index in [1.54, 1.807) is 6.26 Å². The van der Waals surface area contributed by atoms with Crippen LogP contribution in [-0.2, 0) is 17.8 Å². The van der Waals surface area contributed by atoms with Crippen LogP contribution in [-0.4, -0.2) is 44.6 Å². The van der Waals surface area contributed by atoms with E-state index in [0.717, 1.165) is 29.5 Å². The molecular formula is C21H29ClO5. The number of ether oxygens (including phenoxy) is 1. The maximum Gasteiger partial charge on any atom is 0.132 e. The topological polar surface area (TPSA) is 83.1 Å². The number of fused-ring (bicyclic) bond motifs is 5. The Morgan fingerprint density at radius 3 is 2.67 bits per heavy atom. The van der Waals surface area contributed by atoms with Gasteiger partial charge in [0.15, 0.2) is 0 Å². The van der Waals surface area contributed by atoms with Gasteiger partial charge in [-0.1, -0.05) is 26.8 Å². The number of hydrogen-bond acceptors (Lipinski definition) is 5. The van der Waals surface area contributed by atoms with Gasteiger partial charge >= 0.3 is 0 Å². The summed E-state index contributed by atoms with van der Waals surface area (Å²) in [5, 5.41) is 31.3. The van der Waals surface area contributed by atoms with Crippen molar-refractivity contribution in [2.24, 2.45) is 11.3 Å². The molecule has 2 aliphatic carbocycles. The lowest BCUT2D eigenvalue weighted by atomic mass is 9.53. The van der Waals surface area contributed by atoms with E-state index >= 15 is 0 Å². The summed E-state index contributed by atoms with van der Waals surface area (Å²) in [5.74, 6) is 0.464. The standard InChI is InChI=1S/C21H29ClO5/c1-11(2)21(25)17(22)7-16-19(3)6-5-12-13(9-26-15(12)8-23)14(19)10-27-20(16,4)18(21)24/h7,9,11,14,17-18,23-25H,5-6,8,10H2,1-4H3/t14-,17+,18-,19-,20?,21-/m0/s1. The molecule has 0 amide bonds. The molecule has 150 valence electrons. The Balaban J connectivity index is 1.83. The Labute approximate surface area is 165 Å². The van der Waals surface area contributed by atoms with Crippen molar-refractivity contribution < 1.29 is 24.5 Å². The summed E-state index contributed by atoms with van der Waals surface area (Å²) in [7, 11) is 0. The van der Waals surface area contributed by atoms with E-state index < -0.39 is 22.7 Å². The van der Waals surface area contributed by atoms with Crippen LogP contribution >= 0.6 is 11.6 Å². The van der Waals surface area contributed by atoms with Gasteiger partial charge < -0.3 is 24.5 Å². The fourth-order valence-electron chi connectivity index (χ4n) is 5.63. The molecule has 2 heterocycles. The lowest BCUT2D eigenvalue weighted by Crippen LogP contribution is -2.69. The second kappa shape index (κ2) is 6.07. The molecule has 1 saturated heterocycles. The predicted octanol–water partition coefficient (Wildman–Crippen LogP) is 2.89. The molecule has 27 heavy (non-hydrogen) atoms. The lowest BCUT2D eigenvalue weighted by molar-refractivity contribution is -0.215. The fraction of sp³-hybridized carbons (Fsp3) is 0.714. The third-order valence-corrected chi connectivity index (χ3v) is 8.01. The van der Waals surface area contributed by atoms with Crippen LogP contribution in [0.2, 0.25) is 0 Å². The second-order valence-electron chi connectivity index (χ2n) is 9.07. The first kappa shape index (κ1) is 19.5. The SMILES string of the molecule is CC(C)[C@]1(O)[C@H](Cl)C=C2C(C)(OC[C@H]3c4coc(CO)c4CC[C@]23C)[C@@H]1O. The minimum atomic E-state index is -1.46. The van der Waals surface area contributed by atoms with Gasteiger partial charge in [0, 0.05) is 16.9 Å². The molecule has 1 aliphatic heterocycles. The Bertz CT molecular complexity index is 786. The molecule has 0 aromatic carbocycles. The second-order valence-corrected chi connectivity index (χ2v) is 9.54. The Morgan fingerprint density at radius 2 is 2.04 bits per heavy atom. The summed E-state index contributed by atoms with van der Waals surface area (Å²) >= 11 is 6.62. The molecular weight excluding hydrogens is 368 g/mol. The van der Waals surface area contributed by atoms with Gasteiger partial charge in [0.25, 0.3) is 0 Å². The van der Waals surface area contributed by atoms with Gasteiger partial charge in [0.1, 0.15) is 29.7 Å². The summed E-state index contributed by atoms with van der Waals surface area (Å²) < 4.78 is 11.9. The van der Waals surface area contributed by atoms with Crippen LogP contribution in [0.5, 0.6) is 0 Å². The molecule has 0 radical (unpaired) electrons.